The molecule has 0 saturated heterocycles. The van der Waals surface area contributed by atoms with Gasteiger partial charge in [0.05, 0.1) is 32.9 Å². The van der Waals surface area contributed by atoms with Crippen molar-refractivity contribution in [3.63, 3.8) is 0 Å². The minimum Gasteiger partial charge on any atom is -0.490 e. The highest BCUT2D eigenvalue weighted by molar-refractivity contribution is 6.42. The van der Waals surface area contributed by atoms with Crippen LogP contribution in [-0.4, -0.2) is 17.7 Å². The largest absolute Gasteiger partial charge is 0.490 e. The maximum Gasteiger partial charge on any atom is 0.335 e. The number of carboxylic acids is 1. The summed E-state index contributed by atoms with van der Waals surface area (Å²) in [6.07, 6.45) is 0. The molecular formula is C23H20Cl3NO4. The van der Waals surface area contributed by atoms with Crippen LogP contribution in [-0.2, 0) is 13.2 Å². The number of nitrogens with one attached hydrogen (secondary N) is 1. The summed E-state index contributed by atoms with van der Waals surface area (Å²) < 4.78 is 11.6. The van der Waals surface area contributed by atoms with E-state index in [1.165, 1.54) is 12.1 Å². The lowest BCUT2D eigenvalue weighted by molar-refractivity contribution is 0.0697. The van der Waals surface area contributed by atoms with E-state index in [0.29, 0.717) is 52.0 Å². The van der Waals surface area contributed by atoms with Gasteiger partial charge in [0.15, 0.2) is 11.5 Å². The van der Waals surface area contributed by atoms with Crippen LogP contribution in [0.5, 0.6) is 11.5 Å². The molecule has 0 aliphatic carbocycles. The van der Waals surface area contributed by atoms with E-state index in [0.717, 1.165) is 11.1 Å². The van der Waals surface area contributed by atoms with Gasteiger partial charge in [-0.05, 0) is 60.5 Å². The molecule has 3 aromatic rings. The summed E-state index contributed by atoms with van der Waals surface area (Å²) >= 11 is 18.2. The first-order valence-electron chi connectivity index (χ1n) is 9.46. The third-order valence-electron chi connectivity index (χ3n) is 4.38. The fraction of sp³-hybridized carbons (Fsp3) is 0.174. The van der Waals surface area contributed by atoms with Crippen molar-refractivity contribution in [3.05, 3.63) is 86.4 Å². The molecule has 0 heterocycles. The first-order chi connectivity index (χ1) is 14.9. The van der Waals surface area contributed by atoms with E-state index in [1.54, 1.807) is 18.2 Å². The Labute approximate surface area is 195 Å². The van der Waals surface area contributed by atoms with Crippen LogP contribution in [0.25, 0.3) is 0 Å². The van der Waals surface area contributed by atoms with E-state index in [-0.39, 0.29) is 5.56 Å². The van der Waals surface area contributed by atoms with Crippen LogP contribution in [0.3, 0.4) is 0 Å². The molecule has 0 aromatic heterocycles. The van der Waals surface area contributed by atoms with Gasteiger partial charge in [-0.15, -0.1) is 0 Å². The molecule has 31 heavy (non-hydrogen) atoms. The summed E-state index contributed by atoms with van der Waals surface area (Å²) in [5, 5.41) is 13.7. The Balaban J connectivity index is 1.71. The molecule has 162 valence electrons. The molecule has 5 nitrogen and oxygen atoms in total. The number of halogens is 3. The van der Waals surface area contributed by atoms with Gasteiger partial charge in [-0.25, -0.2) is 4.79 Å². The average molecular weight is 481 g/mol. The lowest BCUT2D eigenvalue weighted by atomic mass is 10.1. The lowest BCUT2D eigenvalue weighted by Gasteiger charge is -2.15. The molecule has 0 fully saturated rings. The van der Waals surface area contributed by atoms with E-state index in [9.17, 15) is 4.79 Å². The molecule has 0 aliphatic rings. The predicted octanol–water partition coefficient (Wildman–Crippen LogP) is 6.93. The van der Waals surface area contributed by atoms with Crippen molar-refractivity contribution in [2.75, 3.05) is 11.9 Å². The molecule has 0 spiro atoms. The van der Waals surface area contributed by atoms with Crippen molar-refractivity contribution in [2.24, 2.45) is 0 Å². The number of hydrogen-bond acceptors (Lipinski definition) is 4. The lowest BCUT2D eigenvalue weighted by Crippen LogP contribution is -2.04. The van der Waals surface area contributed by atoms with Crippen molar-refractivity contribution in [1.29, 1.82) is 0 Å². The Morgan fingerprint density at radius 2 is 1.61 bits per heavy atom. The third-order valence-corrected chi connectivity index (χ3v) is 5.45. The Bertz CT molecular complexity index is 1090. The molecule has 0 amide bonds. The number of carbonyl (C=O) groups is 1. The Kier molecular flexibility index (Phi) is 7.91. The van der Waals surface area contributed by atoms with Crippen LogP contribution in [0.2, 0.25) is 15.1 Å². The van der Waals surface area contributed by atoms with Gasteiger partial charge in [-0.3, -0.25) is 0 Å². The molecule has 8 heteroatoms. The van der Waals surface area contributed by atoms with Crippen LogP contribution in [0, 0.1) is 0 Å². The van der Waals surface area contributed by atoms with Crippen molar-refractivity contribution in [1.82, 2.24) is 0 Å². The van der Waals surface area contributed by atoms with Crippen LogP contribution in [0.4, 0.5) is 5.69 Å². The molecule has 0 bridgehead atoms. The monoisotopic (exact) mass is 479 g/mol. The second kappa shape index (κ2) is 10.6. The summed E-state index contributed by atoms with van der Waals surface area (Å²) in [5.74, 6) is 0.191. The maximum absolute atomic E-state index is 11.2. The van der Waals surface area contributed by atoms with Gasteiger partial charge in [0.2, 0.25) is 0 Å². The van der Waals surface area contributed by atoms with Gasteiger partial charge in [0.25, 0.3) is 0 Å². The average Bonchev–Trinajstić information content (AvgIpc) is 2.75. The minimum absolute atomic E-state index is 0.160. The van der Waals surface area contributed by atoms with Gasteiger partial charge < -0.3 is 19.9 Å². The standard InChI is InChI=1S/C23H20Cl3NO4/c1-2-30-22-10-14(12-27-20-11-16(23(28)29)5-7-18(20)25)4-8-21(22)31-13-15-3-6-17(24)19(26)9-15/h3-11,27H,2,12-13H2,1H3,(H,28,29). The molecule has 3 aromatic carbocycles. The van der Waals surface area contributed by atoms with Gasteiger partial charge in [0.1, 0.15) is 6.61 Å². The molecule has 0 saturated carbocycles. The topological polar surface area (TPSA) is 67.8 Å². The summed E-state index contributed by atoms with van der Waals surface area (Å²) in [5.41, 5.74) is 2.50. The molecule has 0 radical (unpaired) electrons. The second-order valence-electron chi connectivity index (χ2n) is 6.60. The van der Waals surface area contributed by atoms with Crippen LogP contribution in [0.1, 0.15) is 28.4 Å². The zero-order valence-electron chi connectivity index (χ0n) is 16.6. The van der Waals surface area contributed by atoms with Crippen LogP contribution < -0.4 is 14.8 Å². The molecule has 2 N–H and O–H groups in total. The molecule has 0 unspecified atom stereocenters. The van der Waals surface area contributed by atoms with E-state index in [2.05, 4.69) is 5.32 Å². The van der Waals surface area contributed by atoms with Crippen molar-refractivity contribution >= 4 is 46.5 Å². The number of ether oxygens (including phenoxy) is 2. The van der Waals surface area contributed by atoms with Crippen molar-refractivity contribution < 1.29 is 19.4 Å². The fourth-order valence-corrected chi connectivity index (χ4v) is 3.34. The number of carboxylic acid groups (broad SMARTS) is 1. The first-order valence-corrected chi connectivity index (χ1v) is 10.6. The first kappa shape index (κ1) is 23.1. The van der Waals surface area contributed by atoms with Crippen molar-refractivity contribution in [3.8, 4) is 11.5 Å². The number of rotatable bonds is 9. The number of anilines is 1. The van der Waals surface area contributed by atoms with Crippen molar-refractivity contribution in [2.45, 2.75) is 20.1 Å². The van der Waals surface area contributed by atoms with E-state index >= 15 is 0 Å². The van der Waals surface area contributed by atoms with Gasteiger partial charge in [0, 0.05) is 6.54 Å². The highest BCUT2D eigenvalue weighted by Crippen LogP contribution is 2.31. The number of hydrogen-bond donors (Lipinski definition) is 2. The zero-order valence-corrected chi connectivity index (χ0v) is 18.9. The quantitative estimate of drug-likeness (QED) is 0.347. The van der Waals surface area contributed by atoms with Gasteiger partial charge in [-0.1, -0.05) is 46.9 Å². The van der Waals surface area contributed by atoms with Gasteiger partial charge in [-0.2, -0.15) is 0 Å². The maximum atomic E-state index is 11.2. The highest BCUT2D eigenvalue weighted by Gasteiger charge is 2.10. The van der Waals surface area contributed by atoms with Crippen LogP contribution in [0.15, 0.2) is 54.6 Å². The zero-order chi connectivity index (χ0) is 22.4. The second-order valence-corrected chi connectivity index (χ2v) is 7.83. The smallest absolute Gasteiger partial charge is 0.335 e. The van der Waals surface area contributed by atoms with E-state index in [4.69, 9.17) is 49.4 Å². The normalized spacial score (nSPS) is 10.6. The van der Waals surface area contributed by atoms with E-state index in [1.807, 2.05) is 31.2 Å². The Morgan fingerprint density at radius 3 is 2.32 bits per heavy atom. The summed E-state index contributed by atoms with van der Waals surface area (Å²) in [6.45, 7) is 3.11. The van der Waals surface area contributed by atoms with E-state index < -0.39 is 5.97 Å². The number of aromatic carboxylic acids is 1. The summed E-state index contributed by atoms with van der Waals surface area (Å²) in [6, 6.07) is 15.5. The third kappa shape index (κ3) is 6.20. The SMILES string of the molecule is CCOc1cc(CNc2cc(C(=O)O)ccc2Cl)ccc1OCc1ccc(Cl)c(Cl)c1. The molecular weight excluding hydrogens is 461 g/mol. The fourth-order valence-electron chi connectivity index (χ4n) is 2.83. The molecule has 0 aliphatic heterocycles. The van der Waals surface area contributed by atoms with Crippen LogP contribution >= 0.6 is 34.8 Å². The molecule has 0 atom stereocenters. The highest BCUT2D eigenvalue weighted by atomic mass is 35.5. The Hall–Kier alpha value is -2.60. The summed E-state index contributed by atoms with van der Waals surface area (Å²) in [4.78, 5) is 11.2. The Morgan fingerprint density at radius 1 is 0.871 bits per heavy atom. The molecule has 3 rings (SSSR count). The van der Waals surface area contributed by atoms with Gasteiger partial charge >= 0.3 is 5.97 Å². The number of benzene rings is 3. The predicted molar refractivity (Wildman–Crippen MR) is 124 cm³/mol. The minimum atomic E-state index is -1.01. The summed E-state index contributed by atoms with van der Waals surface area (Å²) in [7, 11) is 0.